The van der Waals surface area contributed by atoms with E-state index in [1.165, 1.54) is 11.3 Å². The molecule has 1 amide bonds. The average molecular weight is 312 g/mol. The molecule has 0 saturated heterocycles. The molecule has 0 aliphatic heterocycles. The maximum atomic E-state index is 12.7. The average Bonchev–Trinajstić information content (AvgIpc) is 2.92. The third-order valence-corrected chi connectivity index (χ3v) is 4.09. The molecule has 3 aromatic rings. The Bertz CT molecular complexity index is 826. The quantitative estimate of drug-likeness (QED) is 0.783. The summed E-state index contributed by atoms with van der Waals surface area (Å²) in [4.78, 5) is 17.9. The Kier molecular flexibility index (Phi) is 4.06. The molecule has 2 aromatic carbocycles. The van der Waals surface area contributed by atoms with E-state index in [2.05, 4.69) is 10.3 Å². The van der Waals surface area contributed by atoms with Gasteiger partial charge in [-0.2, -0.15) is 0 Å². The van der Waals surface area contributed by atoms with Crippen molar-refractivity contribution in [1.29, 1.82) is 0 Å². The molecule has 0 aliphatic rings. The topological polar surface area (TPSA) is 51.2 Å². The minimum Gasteiger partial charge on any atom is -0.493 e. The lowest BCUT2D eigenvalue weighted by atomic mass is 10.0. The van der Waals surface area contributed by atoms with E-state index in [-0.39, 0.29) is 5.91 Å². The maximum absolute atomic E-state index is 12.7. The third-order valence-electron chi connectivity index (χ3n) is 3.26. The Labute approximate surface area is 132 Å². The SMILES string of the molecule is CCOc1ccc2ccccc2c1C(=O)Nc1ncc(C)s1. The fraction of sp³-hybridized carbons (Fsp3) is 0.176. The summed E-state index contributed by atoms with van der Waals surface area (Å²) in [6, 6.07) is 11.6. The van der Waals surface area contributed by atoms with Gasteiger partial charge in [0.15, 0.2) is 5.13 Å². The van der Waals surface area contributed by atoms with Gasteiger partial charge in [-0.1, -0.05) is 30.3 Å². The zero-order valence-corrected chi connectivity index (χ0v) is 13.2. The first-order valence-electron chi connectivity index (χ1n) is 7.07. The monoisotopic (exact) mass is 312 g/mol. The Morgan fingerprint density at radius 3 is 2.82 bits per heavy atom. The molecule has 0 bridgehead atoms. The zero-order chi connectivity index (χ0) is 15.5. The van der Waals surface area contributed by atoms with E-state index in [1.807, 2.05) is 50.2 Å². The number of rotatable bonds is 4. The van der Waals surface area contributed by atoms with Crippen molar-refractivity contribution in [2.24, 2.45) is 0 Å². The number of fused-ring (bicyclic) bond motifs is 1. The summed E-state index contributed by atoms with van der Waals surface area (Å²) >= 11 is 1.45. The summed E-state index contributed by atoms with van der Waals surface area (Å²) in [7, 11) is 0. The highest BCUT2D eigenvalue weighted by molar-refractivity contribution is 7.15. The van der Waals surface area contributed by atoms with Crippen LogP contribution in [0.4, 0.5) is 5.13 Å². The summed E-state index contributed by atoms with van der Waals surface area (Å²) in [5.74, 6) is 0.390. The van der Waals surface area contributed by atoms with Crippen molar-refractivity contribution in [2.75, 3.05) is 11.9 Å². The Hall–Kier alpha value is -2.40. The molecular weight excluding hydrogens is 296 g/mol. The Morgan fingerprint density at radius 1 is 1.27 bits per heavy atom. The number of nitrogens with one attached hydrogen (secondary N) is 1. The fourth-order valence-electron chi connectivity index (χ4n) is 2.33. The number of aryl methyl sites for hydroxylation is 1. The zero-order valence-electron chi connectivity index (χ0n) is 12.4. The van der Waals surface area contributed by atoms with Gasteiger partial charge in [0.1, 0.15) is 5.75 Å². The lowest BCUT2D eigenvalue weighted by Crippen LogP contribution is -2.14. The molecular formula is C17H16N2O2S. The number of aromatic nitrogens is 1. The summed E-state index contributed by atoms with van der Waals surface area (Å²) < 4.78 is 5.63. The molecule has 0 aliphatic carbocycles. The standard InChI is InChI=1S/C17H16N2O2S/c1-3-21-14-9-8-12-6-4-5-7-13(12)15(14)16(20)19-17-18-10-11(2)22-17/h4-10H,3H2,1-2H3,(H,18,19,20). The second-order valence-corrected chi connectivity index (χ2v) is 6.06. The smallest absolute Gasteiger partial charge is 0.261 e. The first-order chi connectivity index (χ1) is 10.7. The number of anilines is 1. The van der Waals surface area contributed by atoms with Gasteiger partial charge in [0.2, 0.25) is 0 Å². The van der Waals surface area contributed by atoms with E-state index in [9.17, 15) is 4.79 Å². The molecule has 22 heavy (non-hydrogen) atoms. The summed E-state index contributed by atoms with van der Waals surface area (Å²) in [5.41, 5.74) is 0.549. The van der Waals surface area contributed by atoms with Crippen LogP contribution in [0.25, 0.3) is 10.8 Å². The number of hydrogen-bond acceptors (Lipinski definition) is 4. The Balaban J connectivity index is 2.06. The molecule has 0 saturated carbocycles. The van der Waals surface area contributed by atoms with Crippen molar-refractivity contribution in [3.63, 3.8) is 0 Å². The van der Waals surface area contributed by atoms with Crippen LogP contribution in [0, 0.1) is 6.92 Å². The number of carbonyl (C=O) groups excluding carboxylic acids is 1. The van der Waals surface area contributed by atoms with Gasteiger partial charge >= 0.3 is 0 Å². The van der Waals surface area contributed by atoms with Crippen LogP contribution in [0.2, 0.25) is 0 Å². The largest absolute Gasteiger partial charge is 0.493 e. The molecule has 5 heteroatoms. The third kappa shape index (κ3) is 2.80. The highest BCUT2D eigenvalue weighted by Crippen LogP contribution is 2.29. The second-order valence-electron chi connectivity index (χ2n) is 4.82. The first kappa shape index (κ1) is 14.5. The van der Waals surface area contributed by atoms with E-state index >= 15 is 0 Å². The Morgan fingerprint density at radius 2 is 2.09 bits per heavy atom. The van der Waals surface area contributed by atoms with Crippen LogP contribution in [0.15, 0.2) is 42.6 Å². The molecule has 4 nitrogen and oxygen atoms in total. The molecule has 0 fully saturated rings. The van der Waals surface area contributed by atoms with Crippen LogP contribution in [0.3, 0.4) is 0 Å². The number of ether oxygens (including phenoxy) is 1. The van der Waals surface area contributed by atoms with Crippen LogP contribution >= 0.6 is 11.3 Å². The van der Waals surface area contributed by atoms with E-state index in [4.69, 9.17) is 4.74 Å². The van der Waals surface area contributed by atoms with Crippen LogP contribution in [0.1, 0.15) is 22.2 Å². The number of hydrogen-bond donors (Lipinski definition) is 1. The fourth-order valence-corrected chi connectivity index (χ4v) is 2.99. The number of amides is 1. The number of benzene rings is 2. The minimum absolute atomic E-state index is 0.199. The van der Waals surface area contributed by atoms with Gasteiger partial charge in [-0.05, 0) is 30.7 Å². The molecule has 112 valence electrons. The van der Waals surface area contributed by atoms with Gasteiger partial charge in [0.05, 0.1) is 12.2 Å². The van der Waals surface area contributed by atoms with Crippen LogP contribution in [-0.4, -0.2) is 17.5 Å². The molecule has 0 spiro atoms. The van der Waals surface area contributed by atoms with Gasteiger partial charge in [-0.3, -0.25) is 10.1 Å². The van der Waals surface area contributed by atoms with Crippen molar-refractivity contribution in [3.8, 4) is 5.75 Å². The van der Waals surface area contributed by atoms with Gasteiger partial charge < -0.3 is 4.74 Å². The molecule has 0 atom stereocenters. The van der Waals surface area contributed by atoms with Crippen molar-refractivity contribution < 1.29 is 9.53 Å². The van der Waals surface area contributed by atoms with Gasteiger partial charge in [0.25, 0.3) is 5.91 Å². The predicted molar refractivity (Wildman–Crippen MR) is 89.9 cm³/mol. The second kappa shape index (κ2) is 6.15. The van der Waals surface area contributed by atoms with E-state index in [0.29, 0.717) is 23.1 Å². The number of nitrogens with zero attached hydrogens (tertiary/aromatic N) is 1. The highest BCUT2D eigenvalue weighted by Gasteiger charge is 2.17. The molecule has 1 aromatic heterocycles. The van der Waals surface area contributed by atoms with Crippen molar-refractivity contribution in [3.05, 3.63) is 53.0 Å². The van der Waals surface area contributed by atoms with Crippen molar-refractivity contribution >= 4 is 33.1 Å². The normalized spacial score (nSPS) is 10.6. The van der Waals surface area contributed by atoms with E-state index in [0.717, 1.165) is 15.6 Å². The molecule has 1 N–H and O–H groups in total. The van der Waals surface area contributed by atoms with Crippen LogP contribution < -0.4 is 10.1 Å². The van der Waals surface area contributed by atoms with Crippen LogP contribution in [0.5, 0.6) is 5.75 Å². The van der Waals surface area contributed by atoms with E-state index < -0.39 is 0 Å². The highest BCUT2D eigenvalue weighted by atomic mass is 32.1. The lowest BCUT2D eigenvalue weighted by molar-refractivity contribution is 0.102. The van der Waals surface area contributed by atoms with E-state index in [1.54, 1.807) is 6.20 Å². The maximum Gasteiger partial charge on any atom is 0.261 e. The summed E-state index contributed by atoms with van der Waals surface area (Å²) in [5, 5.41) is 5.33. The number of carbonyl (C=O) groups is 1. The number of thiazole rings is 1. The van der Waals surface area contributed by atoms with Gasteiger partial charge in [0, 0.05) is 11.1 Å². The summed E-state index contributed by atoms with van der Waals surface area (Å²) in [6.07, 6.45) is 1.74. The predicted octanol–water partition coefficient (Wildman–Crippen LogP) is 4.26. The minimum atomic E-state index is -0.199. The molecule has 1 heterocycles. The van der Waals surface area contributed by atoms with Crippen LogP contribution in [-0.2, 0) is 0 Å². The van der Waals surface area contributed by atoms with Crippen molar-refractivity contribution in [2.45, 2.75) is 13.8 Å². The van der Waals surface area contributed by atoms with Crippen molar-refractivity contribution in [1.82, 2.24) is 4.98 Å². The first-order valence-corrected chi connectivity index (χ1v) is 7.89. The lowest BCUT2D eigenvalue weighted by Gasteiger charge is -2.12. The molecule has 0 unspecified atom stereocenters. The van der Waals surface area contributed by atoms with Gasteiger partial charge in [-0.15, -0.1) is 11.3 Å². The van der Waals surface area contributed by atoms with Gasteiger partial charge in [-0.25, -0.2) is 4.98 Å². The molecule has 3 rings (SSSR count). The summed E-state index contributed by atoms with van der Waals surface area (Å²) in [6.45, 7) is 4.37. The molecule has 0 radical (unpaired) electrons.